The van der Waals surface area contributed by atoms with Crippen molar-refractivity contribution in [2.45, 2.75) is 12.6 Å². The van der Waals surface area contributed by atoms with Crippen molar-refractivity contribution in [1.29, 1.82) is 0 Å². The second-order valence-corrected chi connectivity index (χ2v) is 5.22. The van der Waals surface area contributed by atoms with Crippen molar-refractivity contribution in [2.75, 3.05) is 13.2 Å². The van der Waals surface area contributed by atoms with Gasteiger partial charge < -0.3 is 14.2 Å². The van der Waals surface area contributed by atoms with Crippen molar-refractivity contribution in [2.24, 2.45) is 7.05 Å². The Hall–Kier alpha value is -1.22. The highest BCUT2D eigenvalue weighted by Crippen LogP contribution is 2.28. The summed E-state index contributed by atoms with van der Waals surface area (Å²) < 4.78 is 1.62. The van der Waals surface area contributed by atoms with Gasteiger partial charge in [0.1, 0.15) is 0 Å². The number of carbonyl (C=O) groups excluding carboxylic acids is 1. The topological polar surface area (TPSA) is 63.6 Å². The van der Waals surface area contributed by atoms with Gasteiger partial charge in [-0.15, -0.1) is 6.58 Å². The normalized spacial score (nSPS) is 18.9. The molecule has 1 atom stereocenters. The van der Waals surface area contributed by atoms with Gasteiger partial charge in [-0.3, -0.25) is 9.63 Å². The maximum absolute atomic E-state index is 11.7. The van der Waals surface area contributed by atoms with Crippen LogP contribution in [0, 0.1) is 0 Å². The Morgan fingerprint density at radius 2 is 2.47 bits per heavy atom. The van der Waals surface area contributed by atoms with E-state index in [-0.39, 0.29) is 10.9 Å². The molecule has 1 N–H and O–H groups in total. The number of hydrogen-bond donors (Lipinski definition) is 1. The van der Waals surface area contributed by atoms with Crippen molar-refractivity contribution >= 4 is 24.9 Å². The Labute approximate surface area is 115 Å². The van der Waals surface area contributed by atoms with Crippen molar-refractivity contribution in [3.63, 3.8) is 0 Å². The molecule has 0 bridgehead atoms. The second-order valence-electron chi connectivity index (χ2n) is 4.22. The molecule has 1 aromatic rings. The molecule has 8 heteroatoms. The first-order valence-electron chi connectivity index (χ1n) is 5.86. The monoisotopic (exact) mass is 280 g/mol. The van der Waals surface area contributed by atoms with Crippen LogP contribution < -0.4 is 10.4 Å². The fraction of sp³-hybridized carbons (Fsp3) is 0.455. The summed E-state index contributed by atoms with van der Waals surface area (Å²) in [4.78, 5) is 30.4. The lowest BCUT2D eigenvalue weighted by atomic mass is 9.90. The number of thiazole rings is 1. The number of hydroxylamine groups is 1. The molecule has 0 saturated heterocycles. The highest BCUT2D eigenvalue weighted by atomic mass is 32.1. The van der Waals surface area contributed by atoms with Crippen LogP contribution >= 0.6 is 11.3 Å². The van der Waals surface area contributed by atoms with Crippen LogP contribution in [0.5, 0.6) is 0 Å². The Balaban J connectivity index is 2.22. The van der Waals surface area contributed by atoms with Gasteiger partial charge in [0.15, 0.2) is 0 Å². The van der Waals surface area contributed by atoms with E-state index in [0.717, 1.165) is 16.8 Å². The van der Waals surface area contributed by atoms with E-state index in [4.69, 9.17) is 4.84 Å². The predicted molar refractivity (Wildman–Crippen MR) is 74.5 cm³/mol. The molecule has 0 spiro atoms. The maximum atomic E-state index is 11.7. The number of rotatable bonds is 6. The van der Waals surface area contributed by atoms with E-state index in [9.17, 15) is 9.59 Å². The molecule has 101 valence electrons. The van der Waals surface area contributed by atoms with Crippen LogP contribution in [0.1, 0.15) is 16.6 Å². The third-order valence-electron chi connectivity index (χ3n) is 2.95. The van der Waals surface area contributed by atoms with Crippen molar-refractivity contribution in [3.05, 3.63) is 32.9 Å². The average molecular weight is 280 g/mol. The van der Waals surface area contributed by atoms with Crippen LogP contribution in [0.2, 0.25) is 0 Å². The molecule has 1 aromatic heterocycles. The van der Waals surface area contributed by atoms with E-state index in [1.165, 1.54) is 18.8 Å². The maximum Gasteiger partial charge on any atom is 0.307 e. The number of carbonyl (C=O) groups is 1. The molecular formula is C11H15BN3O3S. The van der Waals surface area contributed by atoms with Crippen molar-refractivity contribution in [3.8, 4) is 0 Å². The summed E-state index contributed by atoms with van der Waals surface area (Å²) in [5, 5.41) is 0. The van der Waals surface area contributed by atoms with Gasteiger partial charge in [0.05, 0.1) is 23.7 Å². The summed E-state index contributed by atoms with van der Waals surface area (Å²) in [5.41, 5.74) is 3.83. The summed E-state index contributed by atoms with van der Waals surface area (Å²) in [6, 6.07) is -0.126. The average Bonchev–Trinajstić information content (AvgIpc) is 2.67. The molecule has 1 aliphatic heterocycles. The number of aromatic nitrogens is 1. The lowest BCUT2D eigenvalue weighted by Crippen LogP contribution is -2.42. The molecule has 1 radical (unpaired) electrons. The molecule has 2 rings (SSSR count). The standard InChI is InChI=1S/C11H15BN3O3S/c1-3-4-18-13-8-5-15(12-7-16)6-9-10(8)19-11(17)14(9)2/h3,7-8,13H,1,4-6H2,2H3. The molecule has 19 heavy (non-hydrogen) atoms. The van der Waals surface area contributed by atoms with Crippen molar-refractivity contribution < 1.29 is 9.63 Å². The summed E-state index contributed by atoms with van der Waals surface area (Å²) in [7, 11) is 3.22. The van der Waals surface area contributed by atoms with E-state index in [0.29, 0.717) is 19.7 Å². The van der Waals surface area contributed by atoms with Gasteiger partial charge in [-0.1, -0.05) is 17.4 Å². The number of nitrogens with zero attached hydrogens (tertiary/aromatic N) is 2. The lowest BCUT2D eigenvalue weighted by molar-refractivity contribution is 0.0267. The zero-order valence-electron chi connectivity index (χ0n) is 10.7. The Morgan fingerprint density at radius 3 is 3.16 bits per heavy atom. The summed E-state index contributed by atoms with van der Waals surface area (Å²) in [6.07, 6.45) is 2.39. The Morgan fingerprint density at radius 1 is 1.68 bits per heavy atom. The first-order valence-corrected chi connectivity index (χ1v) is 6.68. The molecule has 0 fully saturated rings. The Kier molecular flexibility index (Phi) is 4.70. The first kappa shape index (κ1) is 14.2. The van der Waals surface area contributed by atoms with Gasteiger partial charge in [0, 0.05) is 25.8 Å². The lowest BCUT2D eigenvalue weighted by Gasteiger charge is -2.31. The van der Waals surface area contributed by atoms with Gasteiger partial charge >= 0.3 is 4.87 Å². The molecule has 0 amide bonds. The van der Waals surface area contributed by atoms with Crippen LogP contribution in [-0.2, 0) is 23.2 Å². The fourth-order valence-electron chi connectivity index (χ4n) is 2.03. The van der Waals surface area contributed by atoms with Gasteiger partial charge in [0.2, 0.25) is 0 Å². The summed E-state index contributed by atoms with van der Waals surface area (Å²) in [5.74, 6) is 0. The molecule has 1 unspecified atom stereocenters. The highest BCUT2D eigenvalue weighted by Gasteiger charge is 2.29. The van der Waals surface area contributed by atoms with Crippen LogP contribution in [0.4, 0.5) is 0 Å². The molecule has 0 aromatic carbocycles. The highest BCUT2D eigenvalue weighted by molar-refractivity contribution is 7.09. The number of hydrogen-bond acceptors (Lipinski definition) is 6. The SMILES string of the molecule is C=CCONC1CN([B]C=O)Cc2c1sc(=O)n2C. The minimum atomic E-state index is -0.126. The largest absolute Gasteiger partial charge is 0.333 e. The van der Waals surface area contributed by atoms with Gasteiger partial charge in [-0.05, 0) is 0 Å². The Bertz CT molecular complexity index is 528. The minimum absolute atomic E-state index is 0.00604. The number of nitrogens with one attached hydrogen (secondary N) is 1. The van der Waals surface area contributed by atoms with Crippen LogP contribution in [0.3, 0.4) is 0 Å². The van der Waals surface area contributed by atoms with E-state index in [2.05, 4.69) is 12.1 Å². The smallest absolute Gasteiger partial charge is 0.307 e. The molecule has 0 aliphatic carbocycles. The zero-order valence-corrected chi connectivity index (χ0v) is 11.5. The number of fused-ring (bicyclic) bond motifs is 1. The van der Waals surface area contributed by atoms with E-state index in [1.54, 1.807) is 17.7 Å². The quantitative estimate of drug-likeness (QED) is 0.257. The van der Waals surface area contributed by atoms with E-state index < -0.39 is 0 Å². The molecule has 6 nitrogen and oxygen atoms in total. The molecule has 2 heterocycles. The predicted octanol–water partition coefficient (Wildman–Crippen LogP) is -0.180. The fourth-order valence-corrected chi connectivity index (χ4v) is 3.04. The molecule has 1 aliphatic rings. The van der Waals surface area contributed by atoms with Crippen LogP contribution in [-0.4, -0.2) is 36.1 Å². The second kappa shape index (κ2) is 6.29. The zero-order chi connectivity index (χ0) is 13.8. The summed E-state index contributed by atoms with van der Waals surface area (Å²) >= 11 is 1.21. The third kappa shape index (κ3) is 3.03. The van der Waals surface area contributed by atoms with Crippen molar-refractivity contribution in [1.82, 2.24) is 14.9 Å². The first-order chi connectivity index (χ1) is 9.17. The van der Waals surface area contributed by atoms with Gasteiger partial charge in [0.25, 0.3) is 7.41 Å². The van der Waals surface area contributed by atoms with Gasteiger partial charge in [-0.25, -0.2) is 0 Å². The van der Waals surface area contributed by atoms with E-state index >= 15 is 0 Å². The van der Waals surface area contributed by atoms with Crippen LogP contribution in [0.25, 0.3) is 0 Å². The third-order valence-corrected chi connectivity index (χ3v) is 4.13. The molecule has 0 saturated carbocycles. The molecular weight excluding hydrogens is 265 g/mol. The minimum Gasteiger partial charge on any atom is -0.333 e. The van der Waals surface area contributed by atoms with Gasteiger partial charge in [-0.2, -0.15) is 5.48 Å². The van der Waals surface area contributed by atoms with E-state index in [1.807, 2.05) is 4.81 Å². The summed E-state index contributed by atoms with van der Waals surface area (Å²) in [6.45, 7) is 5.10. The van der Waals surface area contributed by atoms with Crippen LogP contribution in [0.15, 0.2) is 17.4 Å².